The Morgan fingerprint density at radius 3 is 2.93 bits per heavy atom. The van der Waals surface area contributed by atoms with Gasteiger partial charge in [-0.25, -0.2) is 9.07 Å². The van der Waals surface area contributed by atoms with E-state index >= 15 is 0 Å². The Kier molecular flexibility index (Phi) is 2.57. The second kappa shape index (κ2) is 4.04. The van der Waals surface area contributed by atoms with Gasteiger partial charge in [-0.2, -0.15) is 0 Å². The maximum Gasteiger partial charge on any atom is 0.240 e. The Bertz CT molecular complexity index is 453. The molecule has 1 heterocycles. The van der Waals surface area contributed by atoms with Crippen LogP contribution >= 0.6 is 0 Å². The number of aromatic nitrogens is 4. The van der Waals surface area contributed by atoms with Crippen LogP contribution in [0, 0.1) is 5.82 Å². The average molecular weight is 207 g/mol. The molecule has 0 radical (unpaired) electrons. The number of nitrogens with zero attached hydrogens (tertiary/aromatic N) is 4. The molecule has 1 aromatic carbocycles. The van der Waals surface area contributed by atoms with Crippen LogP contribution in [0.3, 0.4) is 0 Å². The number of aryl methyl sites for hydroxylation is 2. The molecule has 6 heteroatoms. The molecule has 2 N–H and O–H groups in total. The molecule has 1 aromatic heterocycles. The summed E-state index contributed by atoms with van der Waals surface area (Å²) in [6, 6.07) is 6.42. The zero-order valence-corrected chi connectivity index (χ0v) is 7.97. The molecule has 0 bridgehead atoms. The van der Waals surface area contributed by atoms with Crippen LogP contribution in [0.25, 0.3) is 0 Å². The number of halogens is 1. The first-order valence-electron chi connectivity index (χ1n) is 4.52. The van der Waals surface area contributed by atoms with Crippen LogP contribution in [-0.2, 0) is 13.0 Å². The van der Waals surface area contributed by atoms with Crippen LogP contribution in [0.15, 0.2) is 24.3 Å². The number of hydrogen-bond donors (Lipinski definition) is 1. The number of hydrogen-bond acceptors (Lipinski definition) is 4. The van der Waals surface area contributed by atoms with E-state index in [0.717, 1.165) is 5.56 Å². The van der Waals surface area contributed by atoms with Gasteiger partial charge in [0, 0.05) is 0 Å². The zero-order chi connectivity index (χ0) is 10.7. The van der Waals surface area contributed by atoms with Crippen molar-refractivity contribution in [2.24, 2.45) is 0 Å². The molecular weight excluding hydrogens is 197 g/mol. The fourth-order valence-electron chi connectivity index (χ4n) is 1.30. The largest absolute Gasteiger partial charge is 0.367 e. The lowest BCUT2D eigenvalue weighted by atomic mass is 10.1. The summed E-state index contributed by atoms with van der Waals surface area (Å²) in [5.41, 5.74) is 6.38. The van der Waals surface area contributed by atoms with Gasteiger partial charge in [0.15, 0.2) is 0 Å². The van der Waals surface area contributed by atoms with Crippen LogP contribution in [0.4, 0.5) is 10.3 Å². The molecule has 2 aromatic rings. The first kappa shape index (κ1) is 9.57. The minimum absolute atomic E-state index is 0.239. The summed E-state index contributed by atoms with van der Waals surface area (Å²) in [4.78, 5) is 0. The maximum absolute atomic E-state index is 12.8. The summed E-state index contributed by atoms with van der Waals surface area (Å²) < 4.78 is 14.3. The molecule has 2 rings (SSSR count). The number of tetrazole rings is 1. The molecule has 0 spiro atoms. The fourth-order valence-corrected chi connectivity index (χ4v) is 1.30. The molecule has 0 unspecified atom stereocenters. The van der Waals surface area contributed by atoms with E-state index in [2.05, 4.69) is 15.5 Å². The van der Waals surface area contributed by atoms with Crippen molar-refractivity contribution in [3.05, 3.63) is 35.6 Å². The Morgan fingerprint density at radius 2 is 2.27 bits per heavy atom. The van der Waals surface area contributed by atoms with E-state index in [9.17, 15) is 4.39 Å². The molecule has 0 saturated carbocycles. The Labute approximate surface area is 85.7 Å². The number of benzene rings is 1. The quantitative estimate of drug-likeness (QED) is 0.801. The van der Waals surface area contributed by atoms with Gasteiger partial charge in [-0.3, -0.25) is 0 Å². The van der Waals surface area contributed by atoms with Crippen molar-refractivity contribution in [3.63, 3.8) is 0 Å². The molecule has 0 aliphatic heterocycles. The van der Waals surface area contributed by atoms with Gasteiger partial charge in [-0.1, -0.05) is 17.2 Å². The molecule has 0 atom stereocenters. The van der Waals surface area contributed by atoms with Crippen molar-refractivity contribution >= 4 is 5.95 Å². The molecule has 15 heavy (non-hydrogen) atoms. The first-order chi connectivity index (χ1) is 7.25. The third-order valence-corrected chi connectivity index (χ3v) is 2.06. The average Bonchev–Trinajstić information content (AvgIpc) is 2.61. The molecule has 0 amide bonds. The van der Waals surface area contributed by atoms with E-state index in [0.29, 0.717) is 13.0 Å². The molecule has 0 fully saturated rings. The van der Waals surface area contributed by atoms with E-state index in [1.54, 1.807) is 6.07 Å². The predicted molar refractivity (Wildman–Crippen MR) is 52.3 cm³/mol. The highest BCUT2D eigenvalue weighted by Gasteiger charge is 2.01. The fraction of sp³-hybridized carbons (Fsp3) is 0.222. The lowest BCUT2D eigenvalue weighted by Crippen LogP contribution is -2.07. The van der Waals surface area contributed by atoms with Crippen molar-refractivity contribution in [3.8, 4) is 0 Å². The number of nitrogens with two attached hydrogens (primary N) is 1. The summed E-state index contributed by atoms with van der Waals surface area (Å²) in [6.45, 7) is 0.544. The zero-order valence-electron chi connectivity index (χ0n) is 7.97. The van der Waals surface area contributed by atoms with Gasteiger partial charge in [0.25, 0.3) is 0 Å². The minimum Gasteiger partial charge on any atom is -0.367 e. The van der Waals surface area contributed by atoms with Crippen molar-refractivity contribution in [2.45, 2.75) is 13.0 Å². The van der Waals surface area contributed by atoms with Crippen LogP contribution in [0.2, 0.25) is 0 Å². The van der Waals surface area contributed by atoms with E-state index in [4.69, 9.17) is 5.73 Å². The topological polar surface area (TPSA) is 69.6 Å². The molecule has 78 valence electrons. The third kappa shape index (κ3) is 2.28. The number of nitrogen functional groups attached to an aromatic ring is 1. The summed E-state index contributed by atoms with van der Waals surface area (Å²) in [7, 11) is 0. The lowest BCUT2D eigenvalue weighted by molar-refractivity contribution is 0.589. The van der Waals surface area contributed by atoms with Crippen LogP contribution in [0.5, 0.6) is 0 Å². The van der Waals surface area contributed by atoms with Gasteiger partial charge in [-0.05, 0) is 34.5 Å². The van der Waals surface area contributed by atoms with E-state index in [1.165, 1.54) is 16.8 Å². The van der Waals surface area contributed by atoms with Gasteiger partial charge in [0.05, 0.1) is 6.54 Å². The summed E-state index contributed by atoms with van der Waals surface area (Å²) >= 11 is 0. The maximum atomic E-state index is 12.8. The molecule has 0 aliphatic rings. The minimum atomic E-state index is -0.239. The second-order valence-corrected chi connectivity index (χ2v) is 3.14. The highest BCUT2D eigenvalue weighted by Crippen LogP contribution is 2.05. The summed E-state index contributed by atoms with van der Waals surface area (Å²) in [5, 5.41) is 10.7. The first-order valence-corrected chi connectivity index (χ1v) is 4.52. The van der Waals surface area contributed by atoms with Gasteiger partial charge in [-0.15, -0.1) is 0 Å². The van der Waals surface area contributed by atoms with E-state index < -0.39 is 0 Å². The van der Waals surface area contributed by atoms with Gasteiger partial charge < -0.3 is 5.73 Å². The lowest BCUT2D eigenvalue weighted by Gasteiger charge is -2.01. The summed E-state index contributed by atoms with van der Waals surface area (Å²) in [6.07, 6.45) is 0.646. The van der Waals surface area contributed by atoms with Gasteiger partial charge >= 0.3 is 0 Å². The van der Waals surface area contributed by atoms with Crippen molar-refractivity contribution in [2.75, 3.05) is 5.73 Å². The molecule has 5 nitrogen and oxygen atoms in total. The number of rotatable bonds is 3. The summed E-state index contributed by atoms with van der Waals surface area (Å²) in [5.74, 6) is 0.0311. The Hall–Kier alpha value is -1.98. The van der Waals surface area contributed by atoms with Crippen LogP contribution in [0.1, 0.15) is 5.56 Å². The Morgan fingerprint density at radius 1 is 1.40 bits per heavy atom. The van der Waals surface area contributed by atoms with Gasteiger partial charge in [0.1, 0.15) is 5.82 Å². The highest BCUT2D eigenvalue weighted by molar-refractivity contribution is 5.17. The number of anilines is 1. The van der Waals surface area contributed by atoms with Crippen molar-refractivity contribution in [1.82, 2.24) is 20.2 Å². The van der Waals surface area contributed by atoms with Gasteiger partial charge in [0.2, 0.25) is 5.95 Å². The second-order valence-electron chi connectivity index (χ2n) is 3.14. The predicted octanol–water partition coefficient (Wildman–Crippen LogP) is 0.637. The van der Waals surface area contributed by atoms with Crippen molar-refractivity contribution in [1.29, 1.82) is 0 Å². The van der Waals surface area contributed by atoms with Crippen LogP contribution in [-0.4, -0.2) is 20.2 Å². The smallest absolute Gasteiger partial charge is 0.240 e. The monoisotopic (exact) mass is 207 g/mol. The van der Waals surface area contributed by atoms with Crippen molar-refractivity contribution < 1.29 is 4.39 Å². The van der Waals surface area contributed by atoms with E-state index in [-0.39, 0.29) is 11.8 Å². The van der Waals surface area contributed by atoms with Crippen LogP contribution < -0.4 is 5.73 Å². The molecule has 0 aliphatic carbocycles. The normalized spacial score (nSPS) is 10.5. The SMILES string of the molecule is Nc1nnnn1CCc1cccc(F)c1. The Balaban J connectivity index is 2.02. The third-order valence-electron chi connectivity index (χ3n) is 2.06. The molecule has 0 saturated heterocycles. The highest BCUT2D eigenvalue weighted by atomic mass is 19.1. The standard InChI is InChI=1S/C9H10FN5/c10-8-3-1-2-7(6-8)4-5-15-9(11)12-13-14-15/h1-3,6H,4-5H2,(H2,11,12,14). The molecular formula is C9H10FN5. The van der Waals surface area contributed by atoms with E-state index in [1.807, 2.05) is 6.07 Å².